The molecule has 0 aliphatic carbocycles. The molecule has 0 spiro atoms. The average molecular weight is 246 g/mol. The molecule has 1 aromatic rings. The Balaban J connectivity index is 2.76. The van der Waals surface area contributed by atoms with Crippen LogP contribution in [0.5, 0.6) is 0 Å². The zero-order valence-corrected chi connectivity index (χ0v) is 10.9. The standard InChI is InChI=1S/C11H16ClNOS/c1-4-13(5-2)11(14)10(12)9-7-6-8(3)15-9/h6-7,10H,4-5H2,1-3H3. The first kappa shape index (κ1) is 12.5. The number of aryl methyl sites for hydroxylation is 1. The van der Waals surface area contributed by atoms with Gasteiger partial charge in [0.05, 0.1) is 0 Å². The lowest BCUT2D eigenvalue weighted by atomic mass is 10.3. The van der Waals surface area contributed by atoms with Crippen molar-refractivity contribution < 1.29 is 4.79 Å². The number of likely N-dealkylation sites (N-methyl/N-ethyl adjacent to an activating group) is 1. The minimum Gasteiger partial charge on any atom is -0.342 e. The van der Waals surface area contributed by atoms with Gasteiger partial charge in [0.15, 0.2) is 0 Å². The highest BCUT2D eigenvalue weighted by Crippen LogP contribution is 2.29. The number of amides is 1. The van der Waals surface area contributed by atoms with E-state index < -0.39 is 5.38 Å². The Morgan fingerprint density at radius 3 is 2.47 bits per heavy atom. The topological polar surface area (TPSA) is 20.3 Å². The number of alkyl halides is 1. The number of thiophene rings is 1. The van der Waals surface area contributed by atoms with Crippen molar-refractivity contribution in [3.8, 4) is 0 Å². The molecule has 4 heteroatoms. The largest absolute Gasteiger partial charge is 0.342 e. The number of nitrogens with zero attached hydrogens (tertiary/aromatic N) is 1. The van der Waals surface area contributed by atoms with Crippen LogP contribution in [0.25, 0.3) is 0 Å². The molecule has 0 saturated heterocycles. The molecule has 0 saturated carbocycles. The molecule has 0 aromatic carbocycles. The van der Waals surface area contributed by atoms with Crippen LogP contribution in [0.2, 0.25) is 0 Å². The Hall–Kier alpha value is -0.540. The molecule has 1 atom stereocenters. The molecular weight excluding hydrogens is 230 g/mol. The summed E-state index contributed by atoms with van der Waals surface area (Å²) in [5.74, 6) is 0.00326. The monoisotopic (exact) mass is 245 g/mol. The maximum Gasteiger partial charge on any atom is 0.245 e. The summed E-state index contributed by atoms with van der Waals surface area (Å²) in [4.78, 5) is 15.8. The molecule has 0 aliphatic heterocycles. The molecule has 0 bridgehead atoms. The van der Waals surface area contributed by atoms with Crippen LogP contribution in [0.15, 0.2) is 12.1 Å². The van der Waals surface area contributed by atoms with Gasteiger partial charge in [-0.3, -0.25) is 4.79 Å². The Morgan fingerprint density at radius 1 is 1.47 bits per heavy atom. The van der Waals surface area contributed by atoms with E-state index in [0.717, 1.165) is 4.88 Å². The van der Waals surface area contributed by atoms with Crippen LogP contribution in [0.3, 0.4) is 0 Å². The average Bonchev–Trinajstić information content (AvgIpc) is 2.65. The van der Waals surface area contributed by atoms with E-state index in [1.165, 1.54) is 4.88 Å². The van der Waals surface area contributed by atoms with Crippen LogP contribution in [0.1, 0.15) is 29.0 Å². The van der Waals surface area contributed by atoms with E-state index in [2.05, 4.69) is 0 Å². The Morgan fingerprint density at radius 2 is 2.07 bits per heavy atom. The summed E-state index contributed by atoms with van der Waals surface area (Å²) in [5.41, 5.74) is 0. The van der Waals surface area contributed by atoms with Gasteiger partial charge in [0.1, 0.15) is 5.38 Å². The third kappa shape index (κ3) is 2.95. The van der Waals surface area contributed by atoms with E-state index in [1.807, 2.05) is 32.9 Å². The van der Waals surface area contributed by atoms with E-state index in [9.17, 15) is 4.79 Å². The van der Waals surface area contributed by atoms with Gasteiger partial charge < -0.3 is 4.90 Å². The molecule has 1 aromatic heterocycles. The van der Waals surface area contributed by atoms with Crippen molar-refractivity contribution in [3.05, 3.63) is 21.9 Å². The fourth-order valence-electron chi connectivity index (χ4n) is 1.41. The lowest BCUT2D eigenvalue weighted by Gasteiger charge is -2.20. The minimum absolute atomic E-state index is 0.00326. The van der Waals surface area contributed by atoms with E-state index in [-0.39, 0.29) is 5.91 Å². The molecule has 15 heavy (non-hydrogen) atoms. The normalized spacial score (nSPS) is 12.5. The lowest BCUT2D eigenvalue weighted by Crippen LogP contribution is -2.32. The van der Waals surface area contributed by atoms with Crippen molar-refractivity contribution in [2.24, 2.45) is 0 Å². The van der Waals surface area contributed by atoms with Gasteiger partial charge in [-0.2, -0.15) is 0 Å². The Kier molecular flexibility index (Phi) is 4.61. The van der Waals surface area contributed by atoms with Gasteiger partial charge in [-0.05, 0) is 32.9 Å². The first-order chi connectivity index (χ1) is 7.10. The molecule has 2 nitrogen and oxygen atoms in total. The maximum absolute atomic E-state index is 11.9. The number of hydrogen-bond acceptors (Lipinski definition) is 2. The third-order valence-electron chi connectivity index (χ3n) is 2.30. The molecular formula is C11H16ClNOS. The van der Waals surface area contributed by atoms with E-state index >= 15 is 0 Å². The van der Waals surface area contributed by atoms with Crippen LogP contribution in [0.4, 0.5) is 0 Å². The fraction of sp³-hybridized carbons (Fsp3) is 0.545. The van der Waals surface area contributed by atoms with Gasteiger partial charge in [-0.1, -0.05) is 0 Å². The summed E-state index contributed by atoms with van der Waals surface area (Å²) in [6, 6.07) is 3.92. The second kappa shape index (κ2) is 5.52. The van der Waals surface area contributed by atoms with Crippen LogP contribution in [-0.4, -0.2) is 23.9 Å². The Labute approximate surface area is 99.9 Å². The molecule has 84 valence electrons. The van der Waals surface area contributed by atoms with Crippen molar-refractivity contribution in [1.82, 2.24) is 4.90 Å². The minimum atomic E-state index is -0.524. The highest BCUT2D eigenvalue weighted by molar-refractivity contribution is 7.12. The number of rotatable bonds is 4. The van der Waals surface area contributed by atoms with Gasteiger partial charge >= 0.3 is 0 Å². The van der Waals surface area contributed by atoms with E-state index in [4.69, 9.17) is 11.6 Å². The summed E-state index contributed by atoms with van der Waals surface area (Å²) in [5, 5.41) is -0.524. The summed E-state index contributed by atoms with van der Waals surface area (Å²) < 4.78 is 0. The summed E-state index contributed by atoms with van der Waals surface area (Å²) >= 11 is 7.72. The molecule has 1 unspecified atom stereocenters. The lowest BCUT2D eigenvalue weighted by molar-refractivity contribution is -0.130. The maximum atomic E-state index is 11.9. The summed E-state index contributed by atoms with van der Waals surface area (Å²) in [6.07, 6.45) is 0. The van der Waals surface area contributed by atoms with Gasteiger partial charge in [0, 0.05) is 22.8 Å². The second-order valence-corrected chi connectivity index (χ2v) is 5.08. The van der Waals surface area contributed by atoms with Crippen molar-refractivity contribution in [2.75, 3.05) is 13.1 Å². The zero-order valence-electron chi connectivity index (χ0n) is 9.29. The highest BCUT2D eigenvalue weighted by Gasteiger charge is 2.22. The van der Waals surface area contributed by atoms with Crippen molar-refractivity contribution in [2.45, 2.75) is 26.1 Å². The number of carbonyl (C=O) groups excluding carboxylic acids is 1. The summed E-state index contributed by atoms with van der Waals surface area (Å²) in [7, 11) is 0. The second-order valence-electron chi connectivity index (χ2n) is 3.32. The Bertz CT molecular complexity index is 333. The zero-order chi connectivity index (χ0) is 11.4. The first-order valence-corrected chi connectivity index (χ1v) is 6.34. The van der Waals surface area contributed by atoms with Gasteiger partial charge in [0.2, 0.25) is 5.91 Å². The predicted molar refractivity (Wildman–Crippen MR) is 65.6 cm³/mol. The predicted octanol–water partition coefficient (Wildman–Crippen LogP) is 3.20. The summed E-state index contributed by atoms with van der Waals surface area (Å²) in [6.45, 7) is 7.36. The SMILES string of the molecule is CCN(CC)C(=O)C(Cl)c1ccc(C)s1. The van der Waals surface area contributed by atoms with Crippen LogP contribution in [0, 0.1) is 6.92 Å². The van der Waals surface area contributed by atoms with Gasteiger partial charge in [-0.25, -0.2) is 0 Å². The van der Waals surface area contributed by atoms with Crippen LogP contribution < -0.4 is 0 Å². The molecule has 0 N–H and O–H groups in total. The highest BCUT2D eigenvalue weighted by atomic mass is 35.5. The van der Waals surface area contributed by atoms with E-state index in [1.54, 1.807) is 16.2 Å². The van der Waals surface area contributed by atoms with Crippen LogP contribution in [-0.2, 0) is 4.79 Å². The number of hydrogen-bond donors (Lipinski definition) is 0. The number of halogens is 1. The van der Waals surface area contributed by atoms with Gasteiger partial charge in [0.25, 0.3) is 0 Å². The molecule has 0 fully saturated rings. The molecule has 1 amide bonds. The smallest absolute Gasteiger partial charge is 0.245 e. The first-order valence-electron chi connectivity index (χ1n) is 5.09. The number of carbonyl (C=O) groups is 1. The fourth-order valence-corrected chi connectivity index (χ4v) is 2.60. The van der Waals surface area contributed by atoms with Crippen molar-refractivity contribution in [1.29, 1.82) is 0 Å². The van der Waals surface area contributed by atoms with Crippen molar-refractivity contribution >= 4 is 28.8 Å². The molecule has 0 radical (unpaired) electrons. The van der Waals surface area contributed by atoms with Crippen LogP contribution >= 0.6 is 22.9 Å². The van der Waals surface area contributed by atoms with E-state index in [0.29, 0.717) is 13.1 Å². The van der Waals surface area contributed by atoms with Crippen molar-refractivity contribution in [3.63, 3.8) is 0 Å². The molecule has 0 aliphatic rings. The molecule has 1 rings (SSSR count). The molecule has 1 heterocycles. The third-order valence-corrected chi connectivity index (χ3v) is 3.92. The van der Waals surface area contributed by atoms with Gasteiger partial charge in [-0.15, -0.1) is 22.9 Å². The quantitative estimate of drug-likeness (QED) is 0.746.